The van der Waals surface area contributed by atoms with Gasteiger partial charge in [0.1, 0.15) is 36.7 Å². The molecule has 10 aromatic carbocycles. The van der Waals surface area contributed by atoms with Gasteiger partial charge in [0, 0.05) is 120 Å². The van der Waals surface area contributed by atoms with Crippen LogP contribution in [0.2, 0.25) is 0 Å². The van der Waals surface area contributed by atoms with Crippen LogP contribution in [0.25, 0.3) is 176 Å². The maximum Gasteiger partial charge on any atom is 0.286 e. The van der Waals surface area contributed by atoms with E-state index in [0.29, 0.717) is 0 Å². The van der Waals surface area contributed by atoms with Crippen molar-refractivity contribution in [1.82, 2.24) is 32.6 Å². The van der Waals surface area contributed by atoms with E-state index >= 15 is 0 Å². The maximum atomic E-state index is 5.07. The van der Waals surface area contributed by atoms with Crippen molar-refractivity contribution in [2.75, 3.05) is 0 Å². The van der Waals surface area contributed by atoms with Crippen molar-refractivity contribution in [1.29, 1.82) is 0 Å². The molecule has 0 atom stereocenters. The molecular weight excluding hydrogens is 1270 g/mol. The highest BCUT2D eigenvalue weighted by atomic mass is 15.1. The van der Waals surface area contributed by atoms with Gasteiger partial charge in [0.25, 0.3) is 12.7 Å². The summed E-state index contributed by atoms with van der Waals surface area (Å²) in [7, 11) is 8.43. The lowest BCUT2D eigenvalue weighted by atomic mass is 10.0. The molecule has 12 aromatic heterocycles. The number of nitrogens with zero attached hydrogens (tertiary/aromatic N) is 11. The minimum Gasteiger partial charge on any atom is -0.312 e. The zero-order chi connectivity index (χ0) is 70.8. The normalized spacial score (nSPS) is 12.0. The van der Waals surface area contributed by atoms with Crippen molar-refractivity contribution < 1.29 is 18.3 Å². The molecule has 0 aliphatic heterocycles. The van der Waals surface area contributed by atoms with Gasteiger partial charge in [0.05, 0.1) is 75.0 Å². The van der Waals surface area contributed by atoms with Gasteiger partial charge in [-0.3, -0.25) is 0 Å². The third-order valence-electron chi connectivity index (χ3n) is 22.5. The summed E-state index contributed by atoms with van der Waals surface area (Å²) in [5.41, 5.74) is 32.2. The van der Waals surface area contributed by atoms with Crippen LogP contribution < -0.4 is 18.3 Å². The Bertz CT molecular complexity index is 7060. The quantitative estimate of drug-likeness (QED) is 0.130. The van der Waals surface area contributed by atoms with Crippen LogP contribution in [0.3, 0.4) is 0 Å². The topological polar surface area (TPSA) is 71.8 Å². The van der Waals surface area contributed by atoms with E-state index in [9.17, 15) is 0 Å². The van der Waals surface area contributed by atoms with Crippen molar-refractivity contribution in [3.05, 3.63) is 295 Å². The minimum absolute atomic E-state index is 1.03. The van der Waals surface area contributed by atoms with Crippen molar-refractivity contribution in [2.24, 2.45) is 28.2 Å². The monoisotopic (exact) mass is 1350 g/mol. The molecule has 0 amide bonds. The zero-order valence-corrected chi connectivity index (χ0v) is 60.6. The number of hydrogen-bond acceptors (Lipinski definition) is 3. The van der Waals surface area contributed by atoms with Gasteiger partial charge in [0.2, 0.25) is 16.9 Å². The van der Waals surface area contributed by atoms with Gasteiger partial charge < -0.3 is 17.6 Å². The van der Waals surface area contributed by atoms with Gasteiger partial charge in [0.15, 0.2) is 23.3 Å². The molecule has 0 unspecified atom stereocenters. The predicted octanol–water partition coefficient (Wildman–Crippen LogP) is 19.7. The van der Waals surface area contributed by atoms with Crippen LogP contribution >= 0.6 is 0 Å². The number of pyridine rings is 1. The van der Waals surface area contributed by atoms with Gasteiger partial charge in [-0.05, 0) is 99.3 Å². The Morgan fingerprint density at radius 3 is 1.19 bits per heavy atom. The largest absolute Gasteiger partial charge is 0.312 e. The summed E-state index contributed by atoms with van der Waals surface area (Å²) < 4.78 is 18.5. The Hall–Kier alpha value is -12.7. The summed E-state index contributed by atoms with van der Waals surface area (Å²) in [5, 5.41) is 18.3. The van der Waals surface area contributed by atoms with Gasteiger partial charge >= 0.3 is 0 Å². The molecule has 104 heavy (non-hydrogen) atoms. The average Bonchev–Trinajstić information content (AvgIpc) is 1.55. The fraction of sp³-hybridized carbons (Fsp3) is 0.129. The first-order valence-corrected chi connectivity index (χ1v) is 35.9. The second-order valence-corrected chi connectivity index (χ2v) is 28.6. The lowest BCUT2D eigenvalue weighted by molar-refractivity contribution is -0.663. The highest BCUT2D eigenvalue weighted by Crippen LogP contribution is 2.46. The number of fused-ring (bicyclic) bond motifs is 14. The van der Waals surface area contributed by atoms with Gasteiger partial charge in [-0.1, -0.05) is 180 Å². The van der Waals surface area contributed by atoms with Crippen LogP contribution in [0.15, 0.2) is 249 Å². The number of hydrogen-bond donors (Lipinski definition) is 0. The molecule has 11 nitrogen and oxygen atoms in total. The summed E-state index contributed by atoms with van der Waals surface area (Å²) in [4.78, 5) is 13.9. The summed E-state index contributed by atoms with van der Waals surface area (Å²) in [6, 6.07) is 83.1. The summed E-state index contributed by atoms with van der Waals surface area (Å²) in [6.07, 6.45) is 5.95. The van der Waals surface area contributed by atoms with E-state index in [1.165, 1.54) is 193 Å². The summed E-state index contributed by atoms with van der Waals surface area (Å²) >= 11 is 0. The van der Waals surface area contributed by atoms with Crippen molar-refractivity contribution in [2.45, 2.75) is 55.4 Å². The fourth-order valence-corrected chi connectivity index (χ4v) is 17.8. The second kappa shape index (κ2) is 23.4. The lowest BCUT2D eigenvalue weighted by Gasteiger charge is -2.09. The SMILES string of the molecule is Cc1cc(-c2c(C)c3cccc4c5ccccc5n2c34)[n+](C)cn1.Cc1cc(-c2c(C)n3c4ccccc4c4cccc2c43)[n+](C)cn1.Cc1cc[n+](C)c(-c2c(C)c3cccc4c5ccccc5n2c34)c1.Cc1nc2cc3ccccc3cc2[n+](C)c1-c1c(C)n2c3ccccc3c3cccc1c32. The molecule has 22 rings (SSSR count). The Morgan fingerprint density at radius 1 is 0.317 bits per heavy atom. The molecule has 0 N–H and O–H groups in total. The number of aromatic nitrogens is 11. The van der Waals surface area contributed by atoms with Crippen molar-refractivity contribution in [3.63, 3.8) is 0 Å². The zero-order valence-electron chi connectivity index (χ0n) is 60.6. The molecule has 12 heterocycles. The standard InChI is InChI=1S/C29H22N3.C22H19N2.2C21H18N3/c1-17-28(31(3)26-16-20-10-5-4-9-19(20)15-24(26)30-17)27-18(2)32-25-14-7-6-11-21(25)22-12-8-13-23(27)29(22)32;1-14-11-12-23(3)20(13-14)21-15(2)16-8-6-9-18-17-7-4-5-10-19(17)24(21)22(16)18;1-13-11-19(23(3)12-22-13)20-14(2)15-8-6-9-17-16-7-4-5-10-18(16)24(20)21(15)17;1-13-11-19(23(3)12-22-13)20-14(2)24-18-10-5-4-7-15(18)16-8-6-9-17(20)21(16)24/h4-16H,1-3H3;4-13H,1-3H3;2*4-12H,1-3H3/q4*+1. The second-order valence-electron chi connectivity index (χ2n) is 28.6. The highest BCUT2D eigenvalue weighted by Gasteiger charge is 2.31. The van der Waals surface area contributed by atoms with Crippen LogP contribution in [0.1, 0.15) is 45.2 Å². The van der Waals surface area contributed by atoms with E-state index in [-0.39, 0.29) is 0 Å². The maximum absolute atomic E-state index is 5.07. The fourth-order valence-electron chi connectivity index (χ4n) is 17.8. The molecule has 500 valence electrons. The van der Waals surface area contributed by atoms with Crippen LogP contribution in [-0.2, 0) is 28.2 Å². The highest BCUT2D eigenvalue weighted by molar-refractivity contribution is 6.21. The molecule has 0 fully saturated rings. The molecule has 0 aliphatic rings. The lowest BCUT2D eigenvalue weighted by Crippen LogP contribution is -2.34. The molecule has 0 spiro atoms. The molecule has 11 heteroatoms. The first-order valence-electron chi connectivity index (χ1n) is 35.9. The van der Waals surface area contributed by atoms with E-state index in [1.54, 1.807) is 0 Å². The third kappa shape index (κ3) is 9.05. The third-order valence-corrected chi connectivity index (χ3v) is 22.5. The van der Waals surface area contributed by atoms with Crippen LogP contribution in [0.4, 0.5) is 0 Å². The summed E-state index contributed by atoms with van der Waals surface area (Å²) in [6.45, 7) is 17.3. The number of para-hydroxylation sites is 8. The van der Waals surface area contributed by atoms with Crippen LogP contribution in [0.5, 0.6) is 0 Å². The first-order chi connectivity index (χ1) is 50.6. The smallest absolute Gasteiger partial charge is 0.286 e. The molecule has 0 saturated heterocycles. The first kappa shape index (κ1) is 62.3. The van der Waals surface area contributed by atoms with E-state index in [1.807, 2.05) is 26.5 Å². The average molecular weight is 1350 g/mol. The van der Waals surface area contributed by atoms with Gasteiger partial charge in [-0.2, -0.15) is 9.13 Å². The Labute approximate surface area is 601 Å². The van der Waals surface area contributed by atoms with Gasteiger partial charge in [-0.25, -0.2) is 14.1 Å². The minimum atomic E-state index is 1.03. The predicted molar refractivity (Wildman–Crippen MR) is 427 cm³/mol. The van der Waals surface area contributed by atoms with E-state index in [4.69, 9.17) is 4.98 Å². The van der Waals surface area contributed by atoms with Crippen LogP contribution in [-0.4, -0.2) is 32.6 Å². The van der Waals surface area contributed by atoms with E-state index in [0.717, 1.165) is 28.1 Å². The molecule has 0 radical (unpaired) electrons. The number of rotatable bonds is 4. The Kier molecular flexibility index (Phi) is 14.0. The van der Waals surface area contributed by atoms with Crippen molar-refractivity contribution >= 4 is 131 Å². The van der Waals surface area contributed by atoms with E-state index < -0.39 is 0 Å². The molecular formula is C93H77N11+4. The van der Waals surface area contributed by atoms with Crippen LogP contribution in [0, 0.1) is 55.4 Å². The molecule has 0 aliphatic carbocycles. The van der Waals surface area contributed by atoms with Gasteiger partial charge in [-0.15, -0.1) is 0 Å². The number of benzene rings is 10. The molecule has 0 bridgehead atoms. The van der Waals surface area contributed by atoms with Crippen molar-refractivity contribution in [3.8, 4) is 45.3 Å². The summed E-state index contributed by atoms with van der Waals surface area (Å²) in [5.74, 6) is 0. The Morgan fingerprint density at radius 2 is 0.692 bits per heavy atom. The molecule has 22 aromatic rings. The van der Waals surface area contributed by atoms with E-state index in [2.05, 4.69) is 352 Å². The number of aryl methyl sites for hydroxylation is 12. The Balaban J connectivity index is 0.0000000962. The molecule has 0 saturated carbocycles.